The highest BCUT2D eigenvalue weighted by Crippen LogP contribution is 2.21. The molecule has 0 amide bonds. The molecule has 0 bridgehead atoms. The fourth-order valence-electron chi connectivity index (χ4n) is 1.25. The largest absolute Gasteiger partial charge is 0.371 e. The molecule has 0 unspecified atom stereocenters. The van der Waals surface area contributed by atoms with Gasteiger partial charge in [-0.05, 0) is 0 Å². The smallest absolute Gasteiger partial charge is 0.115 e. The molecule has 0 atom stereocenters. The summed E-state index contributed by atoms with van der Waals surface area (Å²) in [6.07, 6.45) is 4.54. The van der Waals surface area contributed by atoms with Crippen molar-refractivity contribution in [2.45, 2.75) is 6.42 Å². The highest BCUT2D eigenvalue weighted by molar-refractivity contribution is 5.51. The third kappa shape index (κ3) is 0.667. The zero-order valence-electron chi connectivity index (χ0n) is 5.91. The lowest BCUT2D eigenvalue weighted by Gasteiger charge is -2.08. The van der Waals surface area contributed by atoms with Gasteiger partial charge in [0, 0.05) is 20.0 Å². The topological polar surface area (TPSA) is 29.0 Å². The molecule has 1 aromatic heterocycles. The molecule has 0 radical (unpaired) electrons. The second-order valence-corrected chi connectivity index (χ2v) is 2.53. The van der Waals surface area contributed by atoms with Crippen LogP contribution in [0.4, 0.5) is 5.69 Å². The second-order valence-electron chi connectivity index (χ2n) is 2.53. The molecule has 2 rings (SSSR count). The van der Waals surface area contributed by atoms with Crippen LogP contribution in [0.2, 0.25) is 0 Å². The molecular formula is C7H9N3. The Morgan fingerprint density at radius 2 is 2.50 bits per heavy atom. The van der Waals surface area contributed by atoms with Crippen LogP contribution in [0.15, 0.2) is 12.5 Å². The number of hydrogen-bond donors (Lipinski definition) is 0. The fraction of sp³-hybridized carbons (Fsp3) is 0.429. The Balaban J connectivity index is 2.51. The average molecular weight is 135 g/mol. The number of anilines is 1. The van der Waals surface area contributed by atoms with E-state index >= 15 is 0 Å². The monoisotopic (exact) mass is 135 g/mol. The molecule has 1 aromatic rings. The number of hydrogen-bond acceptors (Lipinski definition) is 3. The van der Waals surface area contributed by atoms with Crippen LogP contribution in [0, 0.1) is 0 Å². The van der Waals surface area contributed by atoms with E-state index in [9.17, 15) is 0 Å². The minimum Gasteiger partial charge on any atom is -0.371 e. The number of rotatable bonds is 0. The van der Waals surface area contributed by atoms with Crippen molar-refractivity contribution >= 4 is 5.69 Å². The van der Waals surface area contributed by atoms with Crippen LogP contribution in [0.3, 0.4) is 0 Å². The summed E-state index contributed by atoms with van der Waals surface area (Å²) in [5.74, 6) is 0. The van der Waals surface area contributed by atoms with E-state index in [4.69, 9.17) is 0 Å². The van der Waals surface area contributed by atoms with Crippen LogP contribution in [0.1, 0.15) is 5.69 Å². The van der Waals surface area contributed by atoms with Gasteiger partial charge in [-0.2, -0.15) is 0 Å². The van der Waals surface area contributed by atoms with Crippen molar-refractivity contribution in [1.29, 1.82) is 0 Å². The maximum Gasteiger partial charge on any atom is 0.115 e. The molecule has 2 heterocycles. The first-order valence-electron chi connectivity index (χ1n) is 3.38. The molecule has 0 aromatic carbocycles. The molecule has 0 fully saturated rings. The number of aromatic nitrogens is 2. The Morgan fingerprint density at radius 1 is 1.60 bits per heavy atom. The van der Waals surface area contributed by atoms with Crippen LogP contribution in [-0.2, 0) is 6.42 Å². The van der Waals surface area contributed by atoms with Gasteiger partial charge < -0.3 is 4.90 Å². The van der Waals surface area contributed by atoms with Crippen molar-refractivity contribution in [2.24, 2.45) is 0 Å². The quantitative estimate of drug-likeness (QED) is 0.517. The van der Waals surface area contributed by atoms with Crippen molar-refractivity contribution in [3.63, 3.8) is 0 Å². The summed E-state index contributed by atoms with van der Waals surface area (Å²) in [7, 11) is 2.06. The van der Waals surface area contributed by atoms with Crippen molar-refractivity contribution in [3.8, 4) is 0 Å². The van der Waals surface area contributed by atoms with Crippen LogP contribution in [0.5, 0.6) is 0 Å². The van der Waals surface area contributed by atoms with Crippen LogP contribution in [-0.4, -0.2) is 23.6 Å². The Morgan fingerprint density at radius 3 is 3.30 bits per heavy atom. The van der Waals surface area contributed by atoms with Gasteiger partial charge >= 0.3 is 0 Å². The summed E-state index contributed by atoms with van der Waals surface area (Å²) >= 11 is 0. The molecule has 52 valence electrons. The predicted octanol–water partition coefficient (Wildman–Crippen LogP) is 0.469. The predicted molar refractivity (Wildman–Crippen MR) is 39.0 cm³/mol. The van der Waals surface area contributed by atoms with E-state index in [1.807, 2.05) is 6.20 Å². The summed E-state index contributed by atoms with van der Waals surface area (Å²) in [5.41, 5.74) is 2.36. The lowest BCUT2D eigenvalue weighted by Crippen LogP contribution is -2.12. The molecule has 1 aliphatic heterocycles. The summed E-state index contributed by atoms with van der Waals surface area (Å²) in [6.45, 7) is 1.08. The highest BCUT2D eigenvalue weighted by atomic mass is 15.1. The van der Waals surface area contributed by atoms with E-state index in [0.717, 1.165) is 13.0 Å². The lowest BCUT2D eigenvalue weighted by molar-refractivity contribution is 0.943. The van der Waals surface area contributed by atoms with Gasteiger partial charge in [0.25, 0.3) is 0 Å². The highest BCUT2D eigenvalue weighted by Gasteiger charge is 2.15. The second kappa shape index (κ2) is 1.94. The Kier molecular flexibility index (Phi) is 1.09. The van der Waals surface area contributed by atoms with Gasteiger partial charge in [-0.25, -0.2) is 9.97 Å². The summed E-state index contributed by atoms with van der Waals surface area (Å²) < 4.78 is 0. The SMILES string of the molecule is CN1CCc2ncncc21. The van der Waals surface area contributed by atoms with Gasteiger partial charge in [-0.1, -0.05) is 0 Å². The molecule has 0 spiro atoms. The average Bonchev–Trinajstić information content (AvgIpc) is 2.34. The number of nitrogens with zero attached hydrogens (tertiary/aromatic N) is 3. The minimum atomic E-state index is 1.06. The van der Waals surface area contributed by atoms with Gasteiger partial charge in [0.15, 0.2) is 0 Å². The summed E-state index contributed by atoms with van der Waals surface area (Å²) in [6, 6.07) is 0. The van der Waals surface area contributed by atoms with E-state index in [1.165, 1.54) is 11.4 Å². The van der Waals surface area contributed by atoms with Gasteiger partial charge in [0.1, 0.15) is 6.33 Å². The molecule has 1 aliphatic rings. The molecule has 0 saturated heterocycles. The zero-order valence-corrected chi connectivity index (χ0v) is 5.91. The Labute approximate surface area is 59.7 Å². The number of fused-ring (bicyclic) bond motifs is 1. The Bertz CT molecular complexity index is 246. The number of likely N-dealkylation sites (N-methyl/N-ethyl adjacent to an activating group) is 1. The lowest BCUT2D eigenvalue weighted by atomic mass is 10.3. The van der Waals surface area contributed by atoms with Gasteiger partial charge in [0.05, 0.1) is 17.6 Å². The first kappa shape index (κ1) is 5.65. The fourth-order valence-corrected chi connectivity index (χ4v) is 1.25. The van der Waals surface area contributed by atoms with Gasteiger partial charge in [0.2, 0.25) is 0 Å². The van der Waals surface area contributed by atoms with E-state index in [-0.39, 0.29) is 0 Å². The van der Waals surface area contributed by atoms with E-state index < -0.39 is 0 Å². The first-order valence-corrected chi connectivity index (χ1v) is 3.38. The Hall–Kier alpha value is -1.12. The molecule has 0 N–H and O–H groups in total. The third-order valence-electron chi connectivity index (χ3n) is 1.87. The molecule has 3 heteroatoms. The van der Waals surface area contributed by atoms with E-state index in [0.29, 0.717) is 0 Å². The van der Waals surface area contributed by atoms with Crippen molar-refractivity contribution in [2.75, 3.05) is 18.5 Å². The van der Waals surface area contributed by atoms with Gasteiger partial charge in [-0.15, -0.1) is 0 Å². The van der Waals surface area contributed by atoms with Crippen LogP contribution >= 0.6 is 0 Å². The maximum atomic E-state index is 4.16. The van der Waals surface area contributed by atoms with E-state index in [2.05, 4.69) is 21.9 Å². The molecule has 0 aliphatic carbocycles. The molecule has 3 nitrogen and oxygen atoms in total. The normalized spacial score (nSPS) is 15.5. The third-order valence-corrected chi connectivity index (χ3v) is 1.87. The van der Waals surface area contributed by atoms with Crippen molar-refractivity contribution in [1.82, 2.24) is 9.97 Å². The minimum absolute atomic E-state index is 1.06. The summed E-state index contributed by atoms with van der Waals surface area (Å²) in [5, 5.41) is 0. The maximum absolute atomic E-state index is 4.16. The van der Waals surface area contributed by atoms with Crippen molar-refractivity contribution in [3.05, 3.63) is 18.2 Å². The van der Waals surface area contributed by atoms with Crippen LogP contribution in [0.25, 0.3) is 0 Å². The zero-order chi connectivity index (χ0) is 6.97. The molecule has 0 saturated carbocycles. The standard InChI is InChI=1S/C7H9N3/c1-10-3-2-6-7(10)4-8-5-9-6/h4-5H,2-3H2,1H3. The molecule has 10 heavy (non-hydrogen) atoms. The van der Waals surface area contributed by atoms with Crippen molar-refractivity contribution < 1.29 is 0 Å². The van der Waals surface area contributed by atoms with E-state index in [1.54, 1.807) is 6.33 Å². The van der Waals surface area contributed by atoms with Gasteiger partial charge in [-0.3, -0.25) is 0 Å². The molecular weight excluding hydrogens is 126 g/mol. The summed E-state index contributed by atoms with van der Waals surface area (Å²) in [4.78, 5) is 10.3. The van der Waals surface area contributed by atoms with Crippen LogP contribution < -0.4 is 4.90 Å². The first-order chi connectivity index (χ1) is 4.88.